The Morgan fingerprint density at radius 2 is 1.67 bits per heavy atom. The van der Waals surface area contributed by atoms with Crippen LogP contribution in [-0.4, -0.2) is 37.1 Å². The van der Waals surface area contributed by atoms with Crippen LogP contribution in [0.1, 0.15) is 31.9 Å². The third kappa shape index (κ3) is 5.57. The summed E-state index contributed by atoms with van der Waals surface area (Å²) in [5.41, 5.74) is -0.589. The maximum Gasteiger partial charge on any atom is 0.434 e. The summed E-state index contributed by atoms with van der Waals surface area (Å²) in [5, 5.41) is 4.44. The number of nitrogens with one attached hydrogen (secondary N) is 2. The highest BCUT2D eigenvalue weighted by molar-refractivity contribution is 5.95. The van der Waals surface area contributed by atoms with Gasteiger partial charge in [-0.1, -0.05) is 19.1 Å². The smallest absolute Gasteiger partial charge is 0.434 e. The van der Waals surface area contributed by atoms with Crippen molar-refractivity contribution in [3.63, 3.8) is 0 Å². The van der Waals surface area contributed by atoms with Crippen LogP contribution in [0.5, 0.6) is 5.75 Å². The fourth-order valence-corrected chi connectivity index (χ4v) is 2.68. The maximum absolute atomic E-state index is 12.8. The van der Waals surface area contributed by atoms with Gasteiger partial charge in [-0.15, -0.1) is 0 Å². The number of urea groups is 1. The van der Waals surface area contributed by atoms with Gasteiger partial charge in [-0.3, -0.25) is 0 Å². The average Bonchev–Trinajstić information content (AvgIpc) is 2.62. The Hall–Kier alpha value is -2.92. The largest absolute Gasteiger partial charge is 0.494 e. The van der Waals surface area contributed by atoms with E-state index in [1.807, 2.05) is 6.92 Å². The number of carbonyl (C=O) groups is 2. The Balaban J connectivity index is 2.36. The van der Waals surface area contributed by atoms with E-state index in [1.165, 1.54) is 24.3 Å². The van der Waals surface area contributed by atoms with Gasteiger partial charge in [0.05, 0.1) is 18.2 Å². The second kappa shape index (κ2) is 8.84. The topological polar surface area (TPSA) is 76.7 Å². The molecule has 1 unspecified atom stereocenters. The molecule has 2 rings (SSSR count). The molecule has 2 N–H and O–H groups in total. The molecule has 6 nitrogen and oxygen atoms in total. The van der Waals surface area contributed by atoms with Crippen LogP contribution in [0.15, 0.2) is 35.5 Å². The molecular weight excluding hydrogens is 422 g/mol. The normalized spacial score (nSPS) is 17.5. The molecule has 0 spiro atoms. The van der Waals surface area contributed by atoms with Crippen molar-refractivity contribution in [1.82, 2.24) is 10.6 Å². The first-order valence-electron chi connectivity index (χ1n) is 8.70. The van der Waals surface area contributed by atoms with Crippen molar-refractivity contribution in [3.8, 4) is 5.75 Å². The second-order valence-corrected chi connectivity index (χ2v) is 6.36. The minimum atomic E-state index is -5.86. The van der Waals surface area contributed by atoms with E-state index in [2.05, 4.69) is 15.4 Å². The lowest BCUT2D eigenvalue weighted by molar-refractivity contribution is -0.312. The van der Waals surface area contributed by atoms with Gasteiger partial charge in [0.1, 0.15) is 5.75 Å². The Morgan fingerprint density at radius 1 is 1.10 bits per heavy atom. The molecule has 12 heteroatoms. The predicted molar refractivity (Wildman–Crippen MR) is 91.3 cm³/mol. The molecule has 1 aliphatic heterocycles. The number of esters is 1. The first-order chi connectivity index (χ1) is 13.8. The van der Waals surface area contributed by atoms with Gasteiger partial charge >= 0.3 is 24.4 Å². The number of carbonyl (C=O) groups excluding carboxylic acids is 2. The summed E-state index contributed by atoms with van der Waals surface area (Å²) in [5.74, 6) is -1.41. The van der Waals surface area contributed by atoms with E-state index in [0.717, 1.165) is 13.3 Å². The fraction of sp³-hybridized carbons (Fsp3) is 0.444. The van der Waals surface area contributed by atoms with Crippen LogP contribution < -0.4 is 15.4 Å². The summed E-state index contributed by atoms with van der Waals surface area (Å²) >= 11 is 0. The molecule has 0 radical (unpaired) electrons. The minimum absolute atomic E-state index is 0.232. The summed E-state index contributed by atoms with van der Waals surface area (Å²) in [6.07, 6.45) is -15.3. The molecular formula is C18H18F6N2O4. The Bertz CT molecular complexity index is 803. The standard InChI is InChI=1S/C18H18F6N2O4/c1-3-8-29-11-6-4-10(5-7-11)13-12(9(2)25-16(28)26-13)14(27)30-15(17(19,20)21)18(22,23)24/h4-7,13,15H,3,8H2,1-2H3,(H2,25,26,28). The van der Waals surface area contributed by atoms with Crippen molar-refractivity contribution < 1.29 is 45.4 Å². The van der Waals surface area contributed by atoms with Crippen molar-refractivity contribution in [2.45, 2.75) is 44.8 Å². The number of benzene rings is 1. The molecule has 1 aromatic carbocycles. The molecule has 0 aromatic heterocycles. The third-order valence-corrected chi connectivity index (χ3v) is 3.99. The molecule has 1 heterocycles. The molecule has 2 amide bonds. The lowest BCUT2D eigenvalue weighted by Gasteiger charge is -2.30. The maximum atomic E-state index is 12.8. The van der Waals surface area contributed by atoms with Crippen LogP contribution in [0.2, 0.25) is 0 Å². The number of amides is 2. The molecule has 0 saturated heterocycles. The van der Waals surface area contributed by atoms with Crippen molar-refractivity contribution in [1.29, 1.82) is 0 Å². The highest BCUT2D eigenvalue weighted by Crippen LogP contribution is 2.37. The molecule has 1 aliphatic rings. The number of rotatable bonds is 6. The molecule has 0 aliphatic carbocycles. The quantitative estimate of drug-likeness (QED) is 0.515. The lowest BCUT2D eigenvalue weighted by Crippen LogP contribution is -2.49. The lowest BCUT2D eigenvalue weighted by atomic mass is 9.95. The van der Waals surface area contributed by atoms with Crippen LogP contribution in [0, 0.1) is 0 Å². The summed E-state index contributed by atoms with van der Waals surface area (Å²) in [7, 11) is 0. The monoisotopic (exact) mass is 440 g/mol. The van der Waals surface area contributed by atoms with Gasteiger partial charge in [-0.25, -0.2) is 9.59 Å². The van der Waals surface area contributed by atoms with Crippen LogP contribution in [-0.2, 0) is 9.53 Å². The number of hydrogen-bond donors (Lipinski definition) is 2. The van der Waals surface area contributed by atoms with Crippen LogP contribution in [0.4, 0.5) is 31.1 Å². The van der Waals surface area contributed by atoms with Gasteiger partial charge in [0, 0.05) is 5.70 Å². The van der Waals surface area contributed by atoms with Crippen LogP contribution in [0.25, 0.3) is 0 Å². The molecule has 0 fully saturated rings. The zero-order valence-corrected chi connectivity index (χ0v) is 15.8. The van der Waals surface area contributed by atoms with Gasteiger partial charge in [0.15, 0.2) is 0 Å². The van der Waals surface area contributed by atoms with Gasteiger partial charge < -0.3 is 20.1 Å². The zero-order chi connectivity index (χ0) is 22.7. The summed E-state index contributed by atoms with van der Waals surface area (Å²) in [4.78, 5) is 24.1. The first-order valence-corrected chi connectivity index (χ1v) is 8.70. The SMILES string of the molecule is CCCOc1ccc(C2NC(=O)NC(C)=C2C(=O)OC(C(F)(F)F)C(F)(F)F)cc1. The van der Waals surface area contributed by atoms with Gasteiger partial charge in [-0.05, 0) is 31.0 Å². The molecule has 0 saturated carbocycles. The predicted octanol–water partition coefficient (Wildman–Crippen LogP) is 4.14. The molecule has 30 heavy (non-hydrogen) atoms. The summed E-state index contributed by atoms with van der Waals surface area (Å²) in [6.45, 7) is 3.48. The summed E-state index contributed by atoms with van der Waals surface area (Å²) < 4.78 is 85.7. The van der Waals surface area contributed by atoms with E-state index in [1.54, 1.807) is 0 Å². The fourth-order valence-electron chi connectivity index (χ4n) is 2.68. The first kappa shape index (κ1) is 23.4. The van der Waals surface area contributed by atoms with Gasteiger partial charge in [-0.2, -0.15) is 26.3 Å². The van der Waals surface area contributed by atoms with Crippen molar-refractivity contribution in [3.05, 3.63) is 41.1 Å². The summed E-state index contributed by atoms with van der Waals surface area (Å²) in [6, 6.07) is 3.72. The molecule has 1 aromatic rings. The number of ether oxygens (including phenoxy) is 2. The average molecular weight is 440 g/mol. The highest BCUT2D eigenvalue weighted by atomic mass is 19.4. The molecule has 166 valence electrons. The third-order valence-electron chi connectivity index (χ3n) is 3.99. The minimum Gasteiger partial charge on any atom is -0.494 e. The van der Waals surface area contributed by atoms with Crippen molar-refractivity contribution in [2.24, 2.45) is 0 Å². The zero-order valence-electron chi connectivity index (χ0n) is 15.8. The molecule has 0 bridgehead atoms. The van der Waals surface area contributed by atoms with E-state index in [0.29, 0.717) is 12.4 Å². The van der Waals surface area contributed by atoms with E-state index in [4.69, 9.17) is 4.74 Å². The Kier molecular flexibility index (Phi) is 6.88. The Morgan fingerprint density at radius 3 is 2.17 bits per heavy atom. The highest BCUT2D eigenvalue weighted by Gasteiger charge is 2.60. The van der Waals surface area contributed by atoms with Crippen molar-refractivity contribution >= 4 is 12.0 Å². The number of hydrogen-bond acceptors (Lipinski definition) is 4. The van der Waals surface area contributed by atoms with E-state index >= 15 is 0 Å². The van der Waals surface area contributed by atoms with E-state index < -0.39 is 42.1 Å². The van der Waals surface area contributed by atoms with Crippen molar-refractivity contribution in [2.75, 3.05) is 6.61 Å². The second-order valence-electron chi connectivity index (χ2n) is 6.36. The van der Waals surface area contributed by atoms with Crippen LogP contribution in [0.3, 0.4) is 0 Å². The van der Waals surface area contributed by atoms with Crippen LogP contribution >= 0.6 is 0 Å². The van der Waals surface area contributed by atoms with Gasteiger partial charge in [0.2, 0.25) is 0 Å². The van der Waals surface area contributed by atoms with Gasteiger partial charge in [0.25, 0.3) is 6.10 Å². The number of alkyl halides is 6. The Labute approximate surface area is 167 Å². The number of halogens is 6. The van der Waals surface area contributed by atoms with E-state index in [-0.39, 0.29) is 11.3 Å². The molecule has 1 atom stereocenters. The van der Waals surface area contributed by atoms with E-state index in [9.17, 15) is 35.9 Å². The number of allylic oxidation sites excluding steroid dienone is 1.